The van der Waals surface area contributed by atoms with Crippen molar-refractivity contribution in [2.45, 2.75) is 39.5 Å². The summed E-state index contributed by atoms with van der Waals surface area (Å²) < 4.78 is 5.56. The summed E-state index contributed by atoms with van der Waals surface area (Å²) in [6, 6.07) is 2.19. The normalized spacial score (nSPS) is 15.4. The molecule has 0 amide bonds. The Hall–Kier alpha value is -1.69. The number of nitrogens with one attached hydrogen (secondary N) is 1. The summed E-state index contributed by atoms with van der Waals surface area (Å²) in [7, 11) is 0. The highest BCUT2D eigenvalue weighted by Crippen LogP contribution is 2.28. The van der Waals surface area contributed by atoms with E-state index in [0.29, 0.717) is 11.4 Å². The predicted molar refractivity (Wildman–Crippen MR) is 63.1 cm³/mol. The molecule has 0 bridgehead atoms. The van der Waals surface area contributed by atoms with Gasteiger partial charge in [-0.2, -0.15) is 5.26 Å². The average molecular weight is 216 g/mol. The molecule has 0 aliphatic heterocycles. The quantitative estimate of drug-likeness (QED) is 0.821. The predicted octanol–water partition coefficient (Wildman–Crippen LogP) is 3.64. The summed E-state index contributed by atoms with van der Waals surface area (Å²) in [6.07, 6.45) is 6.82. The Balaban J connectivity index is 2.24. The number of nitriles is 1. The van der Waals surface area contributed by atoms with Crippen molar-refractivity contribution in [3.8, 4) is 6.07 Å². The Morgan fingerprint density at radius 3 is 2.81 bits per heavy atom. The van der Waals surface area contributed by atoms with E-state index in [2.05, 4.69) is 17.5 Å². The molecule has 1 aromatic rings. The minimum absolute atomic E-state index is 0.602. The number of hydrogen-bond donors (Lipinski definition) is 1. The third-order valence-electron chi connectivity index (χ3n) is 3.06. The van der Waals surface area contributed by atoms with E-state index in [1.54, 1.807) is 0 Å². The minimum Gasteiger partial charge on any atom is -0.444 e. The van der Waals surface area contributed by atoms with Gasteiger partial charge in [0.1, 0.15) is 17.4 Å². The van der Waals surface area contributed by atoms with Crippen molar-refractivity contribution in [3.63, 3.8) is 0 Å². The van der Waals surface area contributed by atoms with Crippen LogP contribution in [0.5, 0.6) is 0 Å². The SMILES string of the molecule is Cc1oc(NC2=CCCCC2)c(C#N)c1C. The Labute approximate surface area is 95.8 Å². The molecule has 0 radical (unpaired) electrons. The molecule has 3 heteroatoms. The number of rotatable bonds is 2. The maximum atomic E-state index is 9.07. The van der Waals surface area contributed by atoms with Gasteiger partial charge in [-0.1, -0.05) is 6.08 Å². The Morgan fingerprint density at radius 1 is 1.38 bits per heavy atom. The molecule has 1 aliphatic carbocycles. The average Bonchev–Trinajstić information content (AvgIpc) is 2.56. The fourth-order valence-electron chi connectivity index (χ4n) is 1.95. The number of nitrogens with zero attached hydrogens (tertiary/aromatic N) is 1. The molecule has 1 N–H and O–H groups in total. The molecule has 0 saturated heterocycles. The highest BCUT2D eigenvalue weighted by atomic mass is 16.4. The van der Waals surface area contributed by atoms with Gasteiger partial charge in [-0.25, -0.2) is 0 Å². The van der Waals surface area contributed by atoms with Crippen molar-refractivity contribution in [2.75, 3.05) is 5.32 Å². The maximum Gasteiger partial charge on any atom is 0.215 e. The molecule has 0 aromatic carbocycles. The maximum absolute atomic E-state index is 9.07. The Morgan fingerprint density at radius 2 is 2.19 bits per heavy atom. The van der Waals surface area contributed by atoms with Crippen molar-refractivity contribution in [3.05, 3.63) is 28.7 Å². The molecule has 2 rings (SSSR count). The summed E-state index contributed by atoms with van der Waals surface area (Å²) in [4.78, 5) is 0. The van der Waals surface area contributed by atoms with E-state index < -0.39 is 0 Å². The van der Waals surface area contributed by atoms with E-state index in [1.807, 2.05) is 13.8 Å². The zero-order valence-corrected chi connectivity index (χ0v) is 9.76. The van der Waals surface area contributed by atoms with Crippen LogP contribution in [0.3, 0.4) is 0 Å². The summed E-state index contributed by atoms with van der Waals surface area (Å²) in [5, 5.41) is 12.3. The Bertz CT molecular complexity index is 463. The first-order chi connectivity index (χ1) is 7.72. The summed E-state index contributed by atoms with van der Waals surface area (Å²) in [6.45, 7) is 3.80. The van der Waals surface area contributed by atoms with E-state index in [-0.39, 0.29) is 0 Å². The van der Waals surface area contributed by atoms with Crippen molar-refractivity contribution >= 4 is 5.88 Å². The fraction of sp³-hybridized carbons (Fsp3) is 0.462. The molecule has 0 spiro atoms. The zero-order chi connectivity index (χ0) is 11.5. The smallest absolute Gasteiger partial charge is 0.215 e. The highest BCUT2D eigenvalue weighted by molar-refractivity contribution is 5.58. The van der Waals surface area contributed by atoms with E-state index in [0.717, 1.165) is 24.2 Å². The van der Waals surface area contributed by atoms with Crippen molar-refractivity contribution < 1.29 is 4.42 Å². The number of hydrogen-bond acceptors (Lipinski definition) is 3. The summed E-state index contributed by atoms with van der Waals surface area (Å²) in [5.74, 6) is 1.42. The topological polar surface area (TPSA) is 49.0 Å². The molecule has 1 aliphatic rings. The van der Waals surface area contributed by atoms with E-state index >= 15 is 0 Å². The first-order valence-corrected chi connectivity index (χ1v) is 5.68. The van der Waals surface area contributed by atoms with E-state index in [9.17, 15) is 0 Å². The summed E-state index contributed by atoms with van der Waals surface area (Å²) in [5.41, 5.74) is 2.74. The minimum atomic E-state index is 0.602. The summed E-state index contributed by atoms with van der Waals surface area (Å²) >= 11 is 0. The number of anilines is 1. The van der Waals surface area contributed by atoms with Crippen LogP contribution in [0.1, 0.15) is 42.6 Å². The molecule has 16 heavy (non-hydrogen) atoms. The van der Waals surface area contributed by atoms with Crippen LogP contribution in [0, 0.1) is 25.2 Å². The van der Waals surface area contributed by atoms with Gasteiger partial charge in [-0.15, -0.1) is 0 Å². The largest absolute Gasteiger partial charge is 0.444 e. The second-order valence-electron chi connectivity index (χ2n) is 4.20. The van der Waals surface area contributed by atoms with Gasteiger partial charge in [-0.3, -0.25) is 0 Å². The molecule has 0 fully saturated rings. The number of allylic oxidation sites excluding steroid dienone is 2. The molecule has 3 nitrogen and oxygen atoms in total. The number of aryl methyl sites for hydroxylation is 1. The van der Waals surface area contributed by atoms with Gasteiger partial charge >= 0.3 is 0 Å². The van der Waals surface area contributed by atoms with E-state index in [4.69, 9.17) is 9.68 Å². The lowest BCUT2D eigenvalue weighted by molar-refractivity contribution is 0.544. The van der Waals surface area contributed by atoms with Gasteiger partial charge in [-0.05, 0) is 39.5 Å². The van der Waals surface area contributed by atoms with Crippen LogP contribution in [-0.4, -0.2) is 0 Å². The van der Waals surface area contributed by atoms with Crippen LogP contribution in [0.15, 0.2) is 16.2 Å². The number of furan rings is 1. The molecular weight excluding hydrogens is 200 g/mol. The molecule has 0 unspecified atom stereocenters. The molecular formula is C13H16N2O. The monoisotopic (exact) mass is 216 g/mol. The first kappa shape index (κ1) is 10.8. The van der Waals surface area contributed by atoms with Crippen LogP contribution in [-0.2, 0) is 0 Å². The fourth-order valence-corrected chi connectivity index (χ4v) is 1.95. The van der Waals surface area contributed by atoms with Crippen molar-refractivity contribution in [1.29, 1.82) is 5.26 Å². The van der Waals surface area contributed by atoms with Gasteiger partial charge in [0.25, 0.3) is 0 Å². The molecule has 84 valence electrons. The van der Waals surface area contributed by atoms with Gasteiger partial charge < -0.3 is 9.73 Å². The van der Waals surface area contributed by atoms with Gasteiger partial charge in [0, 0.05) is 11.3 Å². The second kappa shape index (κ2) is 4.44. The molecule has 0 atom stereocenters. The van der Waals surface area contributed by atoms with Gasteiger partial charge in [0.2, 0.25) is 5.88 Å². The van der Waals surface area contributed by atoms with Crippen LogP contribution in [0.2, 0.25) is 0 Å². The molecule has 0 saturated carbocycles. The van der Waals surface area contributed by atoms with Gasteiger partial charge in [0.15, 0.2) is 0 Å². The Kier molecular flexibility index (Phi) is 3.00. The third-order valence-corrected chi connectivity index (χ3v) is 3.06. The highest BCUT2D eigenvalue weighted by Gasteiger charge is 2.15. The lowest BCUT2D eigenvalue weighted by atomic mass is 10.0. The molecule has 1 heterocycles. The van der Waals surface area contributed by atoms with Gasteiger partial charge in [0.05, 0.1) is 0 Å². The lowest BCUT2D eigenvalue weighted by Gasteiger charge is -2.13. The first-order valence-electron chi connectivity index (χ1n) is 5.68. The second-order valence-corrected chi connectivity index (χ2v) is 4.20. The van der Waals surface area contributed by atoms with Crippen LogP contribution in [0.4, 0.5) is 5.88 Å². The standard InChI is InChI=1S/C13H16N2O/c1-9-10(2)16-13(12(9)8-14)15-11-6-4-3-5-7-11/h6,15H,3-5,7H2,1-2H3. The van der Waals surface area contributed by atoms with Crippen molar-refractivity contribution in [2.24, 2.45) is 0 Å². The lowest BCUT2D eigenvalue weighted by Crippen LogP contribution is -2.03. The van der Waals surface area contributed by atoms with Crippen molar-refractivity contribution in [1.82, 2.24) is 0 Å². The third kappa shape index (κ3) is 1.96. The van der Waals surface area contributed by atoms with Crippen LogP contribution in [0.25, 0.3) is 0 Å². The zero-order valence-electron chi connectivity index (χ0n) is 9.76. The van der Waals surface area contributed by atoms with Crippen LogP contribution < -0.4 is 5.32 Å². The molecule has 1 aromatic heterocycles. The van der Waals surface area contributed by atoms with Crippen LogP contribution >= 0.6 is 0 Å². The van der Waals surface area contributed by atoms with E-state index in [1.165, 1.54) is 18.5 Å².